The summed E-state index contributed by atoms with van der Waals surface area (Å²) in [5.41, 5.74) is 5.87. The Balaban J connectivity index is 1.73. The van der Waals surface area contributed by atoms with Crippen LogP contribution in [-0.4, -0.2) is 17.6 Å². The molecule has 2 unspecified atom stereocenters. The summed E-state index contributed by atoms with van der Waals surface area (Å²) in [5, 5.41) is 1.90. The molecule has 5 heteroatoms. The van der Waals surface area contributed by atoms with Gasteiger partial charge in [-0.1, -0.05) is 18.0 Å². The minimum atomic E-state index is -0.135. The lowest BCUT2D eigenvalue weighted by atomic mass is 10.0. The van der Waals surface area contributed by atoms with Crippen LogP contribution in [0, 0.1) is 5.92 Å². The fourth-order valence-electron chi connectivity index (χ4n) is 3.08. The molecule has 22 heavy (non-hydrogen) atoms. The Kier molecular flexibility index (Phi) is 4.69. The van der Waals surface area contributed by atoms with E-state index >= 15 is 0 Å². The first-order chi connectivity index (χ1) is 10.6. The number of aromatic nitrogens is 1. The lowest BCUT2D eigenvalue weighted by Gasteiger charge is -2.16. The second-order valence-corrected chi connectivity index (χ2v) is 6.53. The second-order valence-electron chi connectivity index (χ2n) is 6.12. The molecule has 1 fully saturated rings. The van der Waals surface area contributed by atoms with Gasteiger partial charge < -0.3 is 15.5 Å². The summed E-state index contributed by atoms with van der Waals surface area (Å²) in [7, 11) is 0. The highest BCUT2D eigenvalue weighted by molar-refractivity contribution is 6.32. The molecule has 0 amide bonds. The molecular formula is C17H21ClN2O2. The van der Waals surface area contributed by atoms with Crippen molar-refractivity contribution in [1.82, 2.24) is 4.98 Å². The fourth-order valence-corrected chi connectivity index (χ4v) is 3.30. The van der Waals surface area contributed by atoms with Crippen molar-refractivity contribution in [3.05, 3.63) is 39.8 Å². The molecule has 2 aromatic rings. The molecular weight excluding hydrogens is 300 g/mol. The van der Waals surface area contributed by atoms with Gasteiger partial charge in [0.25, 0.3) is 5.56 Å². The SMILES string of the molecule is NC1CCCC(COc2cc3cc[nH]c(=O)c3cc2Cl)CC1. The van der Waals surface area contributed by atoms with Crippen molar-refractivity contribution in [2.75, 3.05) is 6.61 Å². The van der Waals surface area contributed by atoms with Crippen LogP contribution in [-0.2, 0) is 0 Å². The van der Waals surface area contributed by atoms with Crippen molar-refractivity contribution < 1.29 is 4.74 Å². The van der Waals surface area contributed by atoms with Gasteiger partial charge >= 0.3 is 0 Å². The van der Waals surface area contributed by atoms with Crippen LogP contribution < -0.4 is 16.0 Å². The summed E-state index contributed by atoms with van der Waals surface area (Å²) < 4.78 is 5.93. The van der Waals surface area contributed by atoms with E-state index in [1.54, 1.807) is 12.3 Å². The highest BCUT2D eigenvalue weighted by Gasteiger charge is 2.17. The largest absolute Gasteiger partial charge is 0.492 e. The summed E-state index contributed by atoms with van der Waals surface area (Å²) in [6.07, 6.45) is 7.22. The van der Waals surface area contributed by atoms with Gasteiger partial charge in [0.15, 0.2) is 0 Å². The second kappa shape index (κ2) is 6.71. The Hall–Kier alpha value is -1.52. The molecule has 3 N–H and O–H groups in total. The predicted molar refractivity (Wildman–Crippen MR) is 89.6 cm³/mol. The number of hydrogen-bond donors (Lipinski definition) is 2. The monoisotopic (exact) mass is 320 g/mol. The third-order valence-electron chi connectivity index (χ3n) is 4.43. The number of halogens is 1. The van der Waals surface area contributed by atoms with Crippen molar-refractivity contribution >= 4 is 22.4 Å². The number of nitrogens with one attached hydrogen (secondary N) is 1. The minimum absolute atomic E-state index is 0.135. The average molecular weight is 321 g/mol. The van der Waals surface area contributed by atoms with Crippen LogP contribution >= 0.6 is 11.6 Å². The summed E-state index contributed by atoms with van der Waals surface area (Å²) in [5.74, 6) is 1.17. The fraction of sp³-hybridized carbons (Fsp3) is 0.471. The van der Waals surface area contributed by atoms with Crippen LogP contribution in [0.15, 0.2) is 29.2 Å². The number of nitrogens with two attached hydrogens (primary N) is 1. The topological polar surface area (TPSA) is 68.1 Å². The molecule has 118 valence electrons. The van der Waals surface area contributed by atoms with E-state index in [4.69, 9.17) is 22.1 Å². The van der Waals surface area contributed by atoms with E-state index in [-0.39, 0.29) is 5.56 Å². The van der Waals surface area contributed by atoms with Crippen molar-refractivity contribution in [2.24, 2.45) is 11.7 Å². The highest BCUT2D eigenvalue weighted by atomic mass is 35.5. The van der Waals surface area contributed by atoms with E-state index in [0.717, 1.165) is 37.5 Å². The molecule has 1 aromatic heterocycles. The third-order valence-corrected chi connectivity index (χ3v) is 4.73. The lowest BCUT2D eigenvalue weighted by molar-refractivity contribution is 0.233. The Bertz CT molecular complexity index is 713. The van der Waals surface area contributed by atoms with Crippen molar-refractivity contribution in [3.63, 3.8) is 0 Å². The van der Waals surface area contributed by atoms with Gasteiger partial charge in [-0.05, 0) is 55.2 Å². The quantitative estimate of drug-likeness (QED) is 0.851. The molecule has 1 heterocycles. The summed E-state index contributed by atoms with van der Waals surface area (Å²) in [4.78, 5) is 14.4. The van der Waals surface area contributed by atoms with E-state index < -0.39 is 0 Å². The molecule has 4 nitrogen and oxygen atoms in total. The molecule has 1 aromatic carbocycles. The van der Waals surface area contributed by atoms with E-state index in [1.807, 2.05) is 12.1 Å². The van der Waals surface area contributed by atoms with E-state index in [1.165, 1.54) is 0 Å². The number of ether oxygens (including phenoxy) is 1. The van der Waals surface area contributed by atoms with Gasteiger partial charge in [-0.25, -0.2) is 0 Å². The summed E-state index contributed by atoms with van der Waals surface area (Å²) >= 11 is 6.25. The first-order valence-corrected chi connectivity index (χ1v) is 8.20. The number of fused-ring (bicyclic) bond motifs is 1. The maximum Gasteiger partial charge on any atom is 0.255 e. The zero-order valence-corrected chi connectivity index (χ0v) is 13.2. The van der Waals surface area contributed by atoms with Gasteiger partial charge in [0, 0.05) is 17.6 Å². The van der Waals surface area contributed by atoms with Crippen molar-refractivity contribution in [2.45, 2.75) is 38.1 Å². The lowest BCUT2D eigenvalue weighted by Crippen LogP contribution is -2.18. The molecule has 3 rings (SSSR count). The minimum Gasteiger partial charge on any atom is -0.492 e. The standard InChI is InChI=1S/C17H21ClN2O2/c18-15-9-14-12(6-7-20-17(14)21)8-16(15)22-10-11-2-1-3-13(19)5-4-11/h6-9,11,13H,1-5,10,19H2,(H,20,21). The van der Waals surface area contributed by atoms with Crippen molar-refractivity contribution in [3.8, 4) is 5.75 Å². The number of rotatable bonds is 3. The Morgan fingerprint density at radius 3 is 3.00 bits per heavy atom. The molecule has 0 radical (unpaired) electrons. The maximum atomic E-state index is 11.7. The first-order valence-electron chi connectivity index (χ1n) is 7.83. The van der Waals surface area contributed by atoms with Crippen LogP contribution in [0.25, 0.3) is 10.8 Å². The zero-order chi connectivity index (χ0) is 15.5. The Morgan fingerprint density at radius 1 is 1.27 bits per heavy atom. The molecule has 1 saturated carbocycles. The number of hydrogen-bond acceptors (Lipinski definition) is 3. The first kappa shape index (κ1) is 15.4. The highest BCUT2D eigenvalue weighted by Crippen LogP contribution is 2.30. The molecule has 1 aliphatic rings. The van der Waals surface area contributed by atoms with Crippen LogP contribution in [0.4, 0.5) is 0 Å². The summed E-state index contributed by atoms with van der Waals surface area (Å²) in [6.45, 7) is 0.654. The molecule has 0 bridgehead atoms. The van der Waals surface area contributed by atoms with Gasteiger partial charge in [0.2, 0.25) is 0 Å². The van der Waals surface area contributed by atoms with Crippen molar-refractivity contribution in [1.29, 1.82) is 0 Å². The van der Waals surface area contributed by atoms with Crippen LogP contribution in [0.3, 0.4) is 0 Å². The number of pyridine rings is 1. The average Bonchev–Trinajstić information content (AvgIpc) is 2.71. The predicted octanol–water partition coefficient (Wildman–Crippen LogP) is 3.47. The van der Waals surface area contributed by atoms with Gasteiger partial charge in [0.05, 0.1) is 11.6 Å². The number of H-pyrrole nitrogens is 1. The van der Waals surface area contributed by atoms with E-state index in [2.05, 4.69) is 4.98 Å². The maximum absolute atomic E-state index is 11.7. The normalized spacial score (nSPS) is 22.5. The van der Waals surface area contributed by atoms with Gasteiger partial charge in [-0.3, -0.25) is 4.79 Å². The molecule has 0 saturated heterocycles. The van der Waals surface area contributed by atoms with Gasteiger partial charge in [0.1, 0.15) is 5.75 Å². The number of aromatic amines is 1. The van der Waals surface area contributed by atoms with Crippen LogP contribution in [0.1, 0.15) is 32.1 Å². The van der Waals surface area contributed by atoms with Crippen LogP contribution in [0.5, 0.6) is 5.75 Å². The molecule has 0 aliphatic heterocycles. The third kappa shape index (κ3) is 3.45. The van der Waals surface area contributed by atoms with E-state index in [9.17, 15) is 4.79 Å². The number of benzene rings is 1. The Morgan fingerprint density at radius 2 is 2.14 bits per heavy atom. The van der Waals surface area contributed by atoms with Gasteiger partial charge in [-0.15, -0.1) is 0 Å². The Labute approximate surface area is 134 Å². The summed E-state index contributed by atoms with van der Waals surface area (Å²) in [6, 6.07) is 5.70. The molecule has 2 atom stereocenters. The van der Waals surface area contributed by atoms with E-state index in [0.29, 0.717) is 34.7 Å². The zero-order valence-electron chi connectivity index (χ0n) is 12.5. The molecule has 1 aliphatic carbocycles. The van der Waals surface area contributed by atoms with Gasteiger partial charge in [-0.2, -0.15) is 0 Å². The smallest absolute Gasteiger partial charge is 0.255 e. The molecule has 0 spiro atoms. The van der Waals surface area contributed by atoms with Crippen LogP contribution in [0.2, 0.25) is 5.02 Å².